The van der Waals surface area contributed by atoms with Gasteiger partial charge in [0.25, 0.3) is 10.1 Å². The van der Waals surface area contributed by atoms with Gasteiger partial charge in [-0.1, -0.05) is 24.3 Å². The summed E-state index contributed by atoms with van der Waals surface area (Å²) in [5.41, 5.74) is -0.128. The predicted octanol–water partition coefficient (Wildman–Crippen LogP) is 3.72. The molecule has 2 aromatic rings. The number of halogens is 3. The van der Waals surface area contributed by atoms with Crippen molar-refractivity contribution in [1.82, 2.24) is 4.90 Å². The van der Waals surface area contributed by atoms with Crippen LogP contribution in [0.15, 0.2) is 42.5 Å². The highest BCUT2D eigenvalue weighted by Gasteiger charge is 2.43. The maximum atomic E-state index is 14.8. The lowest BCUT2D eigenvalue weighted by atomic mass is 9.82. The molecule has 1 heterocycles. The largest absolute Gasteiger partial charge is 0.465 e. The lowest BCUT2D eigenvalue weighted by Crippen LogP contribution is -2.47. The summed E-state index contributed by atoms with van der Waals surface area (Å²) >= 11 is 0. The number of carbonyl (C=O) groups is 1. The normalized spacial score (nSPS) is 18.9. The third kappa shape index (κ3) is 4.76. The highest BCUT2D eigenvalue weighted by atomic mass is 32.2. The Morgan fingerprint density at radius 3 is 2.53 bits per heavy atom. The fourth-order valence-corrected chi connectivity index (χ4v) is 4.57. The molecule has 30 heavy (non-hydrogen) atoms. The maximum Gasteiger partial charge on any atom is 0.407 e. The minimum absolute atomic E-state index is 0.130. The van der Waals surface area contributed by atoms with Crippen molar-refractivity contribution in [2.75, 3.05) is 12.8 Å². The Labute approximate surface area is 172 Å². The highest BCUT2D eigenvalue weighted by Crippen LogP contribution is 2.38. The molecule has 162 valence electrons. The molecule has 3 atom stereocenters. The first kappa shape index (κ1) is 22.1. The van der Waals surface area contributed by atoms with Crippen molar-refractivity contribution in [2.24, 2.45) is 0 Å². The zero-order valence-electron chi connectivity index (χ0n) is 16.0. The number of nitrogens with zero attached hydrogens (tertiary/aromatic N) is 1. The minimum atomic E-state index is -4.13. The molecule has 0 spiro atoms. The molecule has 0 aromatic heterocycles. The van der Waals surface area contributed by atoms with Crippen LogP contribution >= 0.6 is 0 Å². The van der Waals surface area contributed by atoms with Crippen LogP contribution < -0.4 is 0 Å². The molecule has 1 aliphatic rings. The summed E-state index contributed by atoms with van der Waals surface area (Å²) in [5.74, 6) is -4.37. The van der Waals surface area contributed by atoms with E-state index >= 15 is 0 Å². The molecule has 3 rings (SSSR count). The van der Waals surface area contributed by atoms with Crippen molar-refractivity contribution >= 4 is 16.2 Å². The average Bonchev–Trinajstić information content (AvgIpc) is 3.14. The van der Waals surface area contributed by atoms with Gasteiger partial charge in [-0.05, 0) is 36.6 Å². The van der Waals surface area contributed by atoms with Crippen LogP contribution in [0.4, 0.5) is 18.0 Å². The van der Waals surface area contributed by atoms with Gasteiger partial charge in [-0.15, -0.1) is 0 Å². The fourth-order valence-electron chi connectivity index (χ4n) is 3.92. The van der Waals surface area contributed by atoms with Crippen molar-refractivity contribution in [3.05, 3.63) is 71.0 Å². The first-order valence-corrected chi connectivity index (χ1v) is 11.0. The van der Waals surface area contributed by atoms with E-state index in [-0.39, 0.29) is 24.1 Å². The zero-order chi connectivity index (χ0) is 22.1. The quantitative estimate of drug-likeness (QED) is 0.688. The summed E-state index contributed by atoms with van der Waals surface area (Å²) in [6.07, 6.45) is -1.27. The molecule has 1 aliphatic heterocycles. The molecule has 1 amide bonds. The van der Waals surface area contributed by atoms with E-state index in [9.17, 15) is 31.5 Å². The number of benzene rings is 2. The van der Waals surface area contributed by atoms with Gasteiger partial charge in [-0.3, -0.25) is 4.18 Å². The van der Waals surface area contributed by atoms with Crippen LogP contribution in [0.25, 0.3) is 0 Å². The summed E-state index contributed by atoms with van der Waals surface area (Å²) in [4.78, 5) is 12.7. The van der Waals surface area contributed by atoms with Gasteiger partial charge >= 0.3 is 6.09 Å². The molecule has 6 nitrogen and oxygen atoms in total. The summed E-state index contributed by atoms with van der Waals surface area (Å²) in [6, 6.07) is 7.39. The Bertz CT molecular complexity index is 1050. The maximum absolute atomic E-state index is 14.8. The van der Waals surface area contributed by atoms with E-state index < -0.39 is 51.7 Å². The van der Waals surface area contributed by atoms with E-state index in [0.717, 1.165) is 29.4 Å². The molecule has 1 N–H and O–H groups in total. The Balaban J connectivity index is 2.23. The van der Waals surface area contributed by atoms with Crippen LogP contribution in [0.3, 0.4) is 0 Å². The van der Waals surface area contributed by atoms with Gasteiger partial charge in [0.05, 0.1) is 12.3 Å². The average molecular weight is 443 g/mol. The lowest BCUT2D eigenvalue weighted by molar-refractivity contribution is 0.0770. The molecule has 10 heteroatoms. The molecule has 1 saturated heterocycles. The predicted molar refractivity (Wildman–Crippen MR) is 102 cm³/mol. The Hall–Kier alpha value is -2.59. The molecule has 0 bridgehead atoms. The first-order chi connectivity index (χ1) is 14.1. The lowest BCUT2D eigenvalue weighted by Gasteiger charge is -2.35. The van der Waals surface area contributed by atoms with Crippen molar-refractivity contribution in [2.45, 2.75) is 30.9 Å². The number of hydrogen-bond donors (Lipinski definition) is 1. The van der Waals surface area contributed by atoms with Gasteiger partial charge < -0.3 is 10.0 Å². The summed E-state index contributed by atoms with van der Waals surface area (Å²) < 4.78 is 72.1. The van der Waals surface area contributed by atoms with Gasteiger partial charge in [0.1, 0.15) is 11.9 Å². The first-order valence-electron chi connectivity index (χ1n) is 9.15. The van der Waals surface area contributed by atoms with E-state index in [1.165, 1.54) is 24.3 Å². The SMILES string of the molecule is CS(=O)(=O)O[C@H]([C@H](c1cccc(F)c1)c1cccc(F)c1F)[C@H]1CCCN1C(=O)O. The standard InChI is InChI=1S/C20H20F3NO5S/c1-30(27,28)29-19(16-9-4-10-24(16)20(25)26)17(12-5-2-6-13(21)11-12)14-7-3-8-15(22)18(14)23/h2-3,5-8,11,16-17,19H,4,9-10H2,1H3,(H,25,26)/t16-,17-,19+/m1/s1. The number of rotatable bonds is 6. The Morgan fingerprint density at radius 2 is 1.90 bits per heavy atom. The van der Waals surface area contributed by atoms with E-state index in [2.05, 4.69) is 0 Å². The number of carboxylic acid groups (broad SMARTS) is 1. The van der Waals surface area contributed by atoms with Gasteiger partial charge in [0.2, 0.25) is 0 Å². The van der Waals surface area contributed by atoms with Crippen LogP contribution in [-0.4, -0.2) is 49.5 Å². The second kappa shape index (κ2) is 8.65. The third-order valence-electron chi connectivity index (χ3n) is 5.06. The van der Waals surface area contributed by atoms with Crippen molar-refractivity contribution < 1.29 is 35.7 Å². The monoisotopic (exact) mass is 443 g/mol. The smallest absolute Gasteiger partial charge is 0.407 e. The fraction of sp³-hybridized carbons (Fsp3) is 0.350. The van der Waals surface area contributed by atoms with E-state index in [1.807, 2.05) is 0 Å². The zero-order valence-corrected chi connectivity index (χ0v) is 16.8. The Morgan fingerprint density at radius 1 is 1.20 bits per heavy atom. The molecular formula is C20H20F3NO5S. The molecule has 0 radical (unpaired) electrons. The summed E-state index contributed by atoms with van der Waals surface area (Å²) in [7, 11) is -4.13. The molecule has 0 aliphatic carbocycles. The summed E-state index contributed by atoms with van der Waals surface area (Å²) in [6.45, 7) is 0.130. The third-order valence-corrected chi connectivity index (χ3v) is 5.63. The Kier molecular flexibility index (Phi) is 6.37. The second-order valence-electron chi connectivity index (χ2n) is 7.13. The van der Waals surface area contributed by atoms with Crippen molar-refractivity contribution in [3.63, 3.8) is 0 Å². The molecule has 2 aromatic carbocycles. The van der Waals surface area contributed by atoms with Gasteiger partial charge in [0, 0.05) is 18.0 Å². The molecule has 1 fully saturated rings. The van der Waals surface area contributed by atoms with Crippen LogP contribution in [-0.2, 0) is 14.3 Å². The van der Waals surface area contributed by atoms with Gasteiger partial charge in [-0.25, -0.2) is 18.0 Å². The summed E-state index contributed by atoms with van der Waals surface area (Å²) in [5, 5.41) is 9.52. The highest BCUT2D eigenvalue weighted by molar-refractivity contribution is 7.86. The number of amides is 1. The van der Waals surface area contributed by atoms with Crippen molar-refractivity contribution in [1.29, 1.82) is 0 Å². The van der Waals surface area contributed by atoms with Gasteiger partial charge in [-0.2, -0.15) is 8.42 Å². The topological polar surface area (TPSA) is 83.9 Å². The van der Waals surface area contributed by atoms with Crippen LogP contribution in [0.5, 0.6) is 0 Å². The number of likely N-dealkylation sites (tertiary alicyclic amines) is 1. The minimum Gasteiger partial charge on any atom is -0.465 e. The van der Waals surface area contributed by atoms with Crippen LogP contribution in [0.1, 0.15) is 29.9 Å². The van der Waals surface area contributed by atoms with E-state index in [0.29, 0.717) is 6.42 Å². The van der Waals surface area contributed by atoms with Crippen LogP contribution in [0, 0.1) is 17.5 Å². The van der Waals surface area contributed by atoms with Crippen LogP contribution in [0.2, 0.25) is 0 Å². The molecular weight excluding hydrogens is 423 g/mol. The molecule has 0 unspecified atom stereocenters. The van der Waals surface area contributed by atoms with E-state index in [1.54, 1.807) is 0 Å². The van der Waals surface area contributed by atoms with Gasteiger partial charge in [0.15, 0.2) is 11.6 Å². The second-order valence-corrected chi connectivity index (χ2v) is 8.73. The van der Waals surface area contributed by atoms with Crippen molar-refractivity contribution in [3.8, 4) is 0 Å². The molecule has 0 saturated carbocycles. The number of hydrogen-bond acceptors (Lipinski definition) is 4. The van der Waals surface area contributed by atoms with E-state index in [4.69, 9.17) is 4.18 Å².